The molecule has 0 aliphatic carbocycles. The molecule has 1 saturated heterocycles. The molecule has 2 aliphatic rings. The summed E-state index contributed by atoms with van der Waals surface area (Å²) in [5.74, 6) is -1.63. The number of amides is 2. The van der Waals surface area contributed by atoms with Gasteiger partial charge in [-0.2, -0.15) is 0 Å². The molecule has 0 unspecified atom stereocenters. The highest BCUT2D eigenvalue weighted by atomic mass is 31.2. The highest BCUT2D eigenvalue weighted by Crippen LogP contribution is 2.40. The van der Waals surface area contributed by atoms with Crippen LogP contribution in [0.15, 0.2) is 72.8 Å². The minimum Gasteiger partial charge on any atom is -0.367 e. The van der Waals surface area contributed by atoms with Crippen molar-refractivity contribution in [1.82, 2.24) is 9.80 Å². The Morgan fingerprint density at radius 1 is 0.977 bits per heavy atom. The van der Waals surface area contributed by atoms with Crippen LogP contribution in [0.4, 0.5) is 17.1 Å². The summed E-state index contributed by atoms with van der Waals surface area (Å²) >= 11 is 0. The van der Waals surface area contributed by atoms with Gasteiger partial charge in [-0.15, -0.1) is 0 Å². The van der Waals surface area contributed by atoms with E-state index in [4.69, 9.17) is 9.79 Å². The topological polar surface area (TPSA) is 152 Å². The lowest BCUT2D eigenvalue weighted by Gasteiger charge is -2.32. The Morgan fingerprint density at radius 2 is 1.65 bits per heavy atom. The summed E-state index contributed by atoms with van der Waals surface area (Å²) in [6, 6.07) is 20.7. The van der Waals surface area contributed by atoms with Gasteiger partial charge in [-0.1, -0.05) is 36.4 Å². The minimum atomic E-state index is -5.03. The van der Waals surface area contributed by atoms with Crippen molar-refractivity contribution in [1.29, 1.82) is 0 Å². The van der Waals surface area contributed by atoms with Crippen LogP contribution in [-0.4, -0.2) is 84.2 Å². The van der Waals surface area contributed by atoms with Crippen LogP contribution in [-0.2, 0) is 18.7 Å². The molecule has 0 radical (unpaired) electrons. The van der Waals surface area contributed by atoms with Crippen LogP contribution < -0.4 is 15.5 Å². The molecule has 3 aromatic carbocycles. The third-order valence-electron chi connectivity index (χ3n) is 7.37. The number of carbonyl (C=O) groups is 3. The van der Waals surface area contributed by atoms with Crippen LogP contribution in [0.1, 0.15) is 21.5 Å². The fraction of sp³-hybridized carbons (Fsp3) is 0.233. The van der Waals surface area contributed by atoms with Gasteiger partial charge in [0.05, 0.1) is 29.1 Å². The first-order chi connectivity index (χ1) is 20.5. The first kappa shape index (κ1) is 30.1. The summed E-state index contributed by atoms with van der Waals surface area (Å²) in [4.78, 5) is 62.3. The number of rotatable bonds is 8. The zero-order chi connectivity index (χ0) is 30.7. The Kier molecular flexibility index (Phi) is 8.77. The fourth-order valence-electron chi connectivity index (χ4n) is 4.95. The van der Waals surface area contributed by atoms with Gasteiger partial charge in [0, 0.05) is 50.2 Å². The third kappa shape index (κ3) is 7.19. The molecule has 12 nitrogen and oxygen atoms in total. The first-order valence-electron chi connectivity index (χ1n) is 13.6. The molecule has 13 heteroatoms. The second-order valence-corrected chi connectivity index (χ2v) is 11.6. The van der Waals surface area contributed by atoms with Gasteiger partial charge in [-0.3, -0.25) is 24.3 Å². The van der Waals surface area contributed by atoms with Crippen molar-refractivity contribution >= 4 is 53.9 Å². The van der Waals surface area contributed by atoms with Gasteiger partial charge in [0.25, 0.3) is 5.91 Å². The molecule has 1 fully saturated rings. The smallest absolute Gasteiger partial charge is 0.367 e. The van der Waals surface area contributed by atoms with Crippen molar-refractivity contribution < 1.29 is 33.3 Å². The summed E-state index contributed by atoms with van der Waals surface area (Å²) in [5, 5.41) is 6.07. The number of anilines is 3. The molecule has 2 amide bonds. The molecule has 3 aromatic rings. The zero-order valence-corrected chi connectivity index (χ0v) is 24.6. The average Bonchev–Trinajstić information content (AvgIpc) is 3.31. The number of carbonyl (C=O) groups excluding carboxylic acids is 3. The van der Waals surface area contributed by atoms with Crippen molar-refractivity contribution in [3.8, 4) is 0 Å². The van der Waals surface area contributed by atoms with Gasteiger partial charge < -0.3 is 25.0 Å². The number of benzene rings is 3. The summed E-state index contributed by atoms with van der Waals surface area (Å²) in [6.45, 7) is 3.92. The van der Waals surface area contributed by atoms with Crippen LogP contribution in [0.3, 0.4) is 0 Å². The van der Waals surface area contributed by atoms with Crippen LogP contribution in [0.25, 0.3) is 11.3 Å². The molecular formula is C30H32N5O7P. The molecule has 0 bridgehead atoms. The highest BCUT2D eigenvalue weighted by molar-refractivity contribution is 7.46. The largest absolute Gasteiger partial charge is 0.527 e. The number of nitrogens with zero attached hydrogens (tertiary/aromatic N) is 3. The predicted octanol–water partition coefficient (Wildman–Crippen LogP) is 3.08. The zero-order valence-electron chi connectivity index (χ0n) is 23.7. The van der Waals surface area contributed by atoms with Crippen molar-refractivity contribution in [2.75, 3.05) is 62.4 Å². The van der Waals surface area contributed by atoms with E-state index in [0.29, 0.717) is 34.8 Å². The molecule has 0 spiro atoms. The number of fused-ring (bicyclic) bond motifs is 1. The first-order valence-corrected chi connectivity index (χ1v) is 15.1. The van der Waals surface area contributed by atoms with Crippen LogP contribution in [0, 0.1) is 0 Å². The van der Waals surface area contributed by atoms with E-state index in [9.17, 15) is 18.9 Å². The molecule has 0 atom stereocenters. The van der Waals surface area contributed by atoms with Crippen LogP contribution in [0.2, 0.25) is 0 Å². The molecule has 2 heterocycles. The highest BCUT2D eigenvalue weighted by Gasteiger charge is 2.30. The third-order valence-corrected chi connectivity index (χ3v) is 7.77. The minimum absolute atomic E-state index is 0.000586. The molecule has 43 heavy (non-hydrogen) atoms. The van der Waals surface area contributed by atoms with E-state index >= 15 is 0 Å². The van der Waals surface area contributed by atoms with Crippen LogP contribution in [0.5, 0.6) is 0 Å². The Hall–Kier alpha value is -4.32. The SMILES string of the molecule is CN1CCN(CC(=O)N(C)c2ccc(N/C(=C3\C(=O)Nc4cc(C(=O)OP(=O)(O)O)ccc43)c3ccccc3)cc2)CC1. The molecule has 0 aromatic heterocycles. The van der Waals surface area contributed by atoms with E-state index in [0.717, 1.165) is 37.4 Å². The Bertz CT molecular complexity index is 1610. The van der Waals surface area contributed by atoms with E-state index in [1.165, 1.54) is 18.2 Å². The maximum Gasteiger partial charge on any atom is 0.527 e. The molecule has 0 saturated carbocycles. The van der Waals surface area contributed by atoms with Gasteiger partial charge in [-0.25, -0.2) is 9.36 Å². The summed E-state index contributed by atoms with van der Waals surface area (Å²) in [5.41, 5.74) is 3.64. The van der Waals surface area contributed by atoms with Crippen molar-refractivity contribution in [2.45, 2.75) is 0 Å². The van der Waals surface area contributed by atoms with Gasteiger partial charge in [0.1, 0.15) is 0 Å². The van der Waals surface area contributed by atoms with E-state index in [1.807, 2.05) is 54.6 Å². The van der Waals surface area contributed by atoms with Crippen molar-refractivity contribution in [3.05, 3.63) is 89.5 Å². The number of phosphoric ester groups is 1. The van der Waals surface area contributed by atoms with Gasteiger partial charge in [-0.05, 0) is 49.0 Å². The number of nitrogens with one attached hydrogen (secondary N) is 2. The molecule has 2 aliphatic heterocycles. The number of hydrogen-bond donors (Lipinski definition) is 4. The monoisotopic (exact) mass is 605 g/mol. The Labute approximate surface area is 248 Å². The normalized spacial score (nSPS) is 16.7. The molecular weight excluding hydrogens is 573 g/mol. The number of piperazine rings is 1. The second-order valence-electron chi connectivity index (χ2n) is 10.4. The molecule has 4 N–H and O–H groups in total. The standard InChI is InChI=1S/C30H32N5O7P/c1-33-14-16-35(17-15-33)19-26(36)34(2)23-11-9-22(10-12-23)31-28(20-6-4-3-5-7-20)27-24-13-8-21(18-25(24)32-29(27)37)30(38)42-43(39,40)41/h3-13,18,31H,14-17,19H2,1-2H3,(H,32,37)(H2,39,40,41)/b28-27-. The van der Waals surface area contributed by atoms with Gasteiger partial charge in [0.15, 0.2) is 0 Å². The summed E-state index contributed by atoms with van der Waals surface area (Å²) in [7, 11) is -1.21. The lowest BCUT2D eigenvalue weighted by atomic mass is 9.99. The maximum absolute atomic E-state index is 13.2. The van der Waals surface area contributed by atoms with Crippen molar-refractivity contribution in [2.24, 2.45) is 0 Å². The predicted molar refractivity (Wildman–Crippen MR) is 163 cm³/mol. The van der Waals surface area contributed by atoms with E-state index < -0.39 is 19.7 Å². The number of likely N-dealkylation sites (N-methyl/N-ethyl adjacent to an activating group) is 2. The second kappa shape index (κ2) is 12.5. The Balaban J connectivity index is 1.40. The van der Waals surface area contributed by atoms with E-state index in [2.05, 4.69) is 32.0 Å². The van der Waals surface area contributed by atoms with Crippen LogP contribution >= 0.6 is 7.82 Å². The van der Waals surface area contributed by atoms with E-state index in [1.54, 1.807) is 11.9 Å². The molecule has 224 valence electrons. The summed E-state index contributed by atoms with van der Waals surface area (Å²) in [6.07, 6.45) is 0. The van der Waals surface area contributed by atoms with Gasteiger partial charge >= 0.3 is 13.8 Å². The summed E-state index contributed by atoms with van der Waals surface area (Å²) < 4.78 is 15.3. The van der Waals surface area contributed by atoms with Gasteiger partial charge in [0.2, 0.25) is 5.91 Å². The quantitative estimate of drug-likeness (QED) is 0.223. The number of hydrogen-bond acceptors (Lipinski definition) is 8. The molecule has 5 rings (SSSR count). The Morgan fingerprint density at radius 3 is 2.30 bits per heavy atom. The fourth-order valence-corrected chi connectivity index (χ4v) is 5.27. The average molecular weight is 606 g/mol. The number of phosphoric acid groups is 1. The maximum atomic E-state index is 13.2. The van der Waals surface area contributed by atoms with E-state index in [-0.39, 0.29) is 11.5 Å². The van der Waals surface area contributed by atoms with Crippen molar-refractivity contribution in [3.63, 3.8) is 0 Å². The lowest BCUT2D eigenvalue weighted by molar-refractivity contribution is -0.119. The lowest BCUT2D eigenvalue weighted by Crippen LogP contribution is -2.48.